The van der Waals surface area contributed by atoms with Crippen LogP contribution in [-0.4, -0.2) is 28.7 Å². The Bertz CT molecular complexity index is 828. The highest BCUT2D eigenvalue weighted by Gasteiger charge is 2.20. The average Bonchev–Trinajstić information content (AvgIpc) is 2.60. The minimum atomic E-state index is -0.595. The van der Waals surface area contributed by atoms with Crippen molar-refractivity contribution in [2.75, 3.05) is 12.9 Å². The van der Waals surface area contributed by atoms with Crippen LogP contribution in [-0.2, 0) is 4.74 Å². The monoisotopic (exact) mass is 343 g/mol. The van der Waals surface area contributed by atoms with E-state index in [0.717, 1.165) is 0 Å². The van der Waals surface area contributed by atoms with Crippen LogP contribution >= 0.6 is 11.8 Å². The standard InChI is InChI=1S/C16H13N3O4S/c1-3-23-16(20)13-8-11(9-17)15(24-2)18-14(13)10-4-6-12(7-5-10)19(21)22/h4-8H,3H2,1-2H3. The number of carbonyl (C=O) groups is 1. The number of carbonyl (C=O) groups excluding carboxylic acids is 1. The van der Waals surface area contributed by atoms with E-state index < -0.39 is 10.9 Å². The third kappa shape index (κ3) is 3.52. The number of nitro groups is 1. The second-order valence-electron chi connectivity index (χ2n) is 4.58. The molecule has 24 heavy (non-hydrogen) atoms. The molecule has 0 N–H and O–H groups in total. The molecule has 0 spiro atoms. The van der Waals surface area contributed by atoms with E-state index in [-0.39, 0.29) is 23.4 Å². The molecule has 122 valence electrons. The summed E-state index contributed by atoms with van der Waals surface area (Å²) in [6.07, 6.45) is 1.77. The lowest BCUT2D eigenvalue weighted by Gasteiger charge is -2.11. The van der Waals surface area contributed by atoms with E-state index in [1.807, 2.05) is 6.07 Å². The lowest BCUT2D eigenvalue weighted by atomic mass is 10.0. The van der Waals surface area contributed by atoms with Crippen LogP contribution in [0.1, 0.15) is 22.8 Å². The Morgan fingerprint density at radius 3 is 2.58 bits per heavy atom. The summed E-state index contributed by atoms with van der Waals surface area (Å²) < 4.78 is 5.02. The molecule has 2 rings (SSSR count). The number of nitrogens with zero attached hydrogens (tertiary/aromatic N) is 3. The van der Waals surface area contributed by atoms with E-state index >= 15 is 0 Å². The predicted octanol–water partition coefficient (Wildman–Crippen LogP) is 3.43. The maximum atomic E-state index is 12.2. The zero-order valence-corrected chi connectivity index (χ0v) is 13.8. The van der Waals surface area contributed by atoms with Gasteiger partial charge in [0.15, 0.2) is 0 Å². The van der Waals surface area contributed by atoms with Crippen molar-refractivity contribution in [1.29, 1.82) is 5.26 Å². The van der Waals surface area contributed by atoms with Gasteiger partial charge in [-0.15, -0.1) is 11.8 Å². The summed E-state index contributed by atoms with van der Waals surface area (Å²) in [6, 6.07) is 9.14. The van der Waals surface area contributed by atoms with Crippen molar-refractivity contribution in [3.8, 4) is 17.3 Å². The van der Waals surface area contributed by atoms with Gasteiger partial charge in [0, 0.05) is 17.7 Å². The van der Waals surface area contributed by atoms with Crippen LogP contribution in [0.25, 0.3) is 11.3 Å². The fraction of sp³-hybridized carbons (Fsp3) is 0.188. The van der Waals surface area contributed by atoms with E-state index in [2.05, 4.69) is 4.98 Å². The first-order valence-corrected chi connectivity index (χ1v) is 8.15. The molecule has 0 aliphatic carbocycles. The summed E-state index contributed by atoms with van der Waals surface area (Å²) in [5.41, 5.74) is 1.22. The maximum Gasteiger partial charge on any atom is 0.340 e. The van der Waals surface area contributed by atoms with Crippen LogP contribution in [0.5, 0.6) is 0 Å². The first kappa shape index (κ1) is 17.4. The van der Waals surface area contributed by atoms with Crippen molar-refractivity contribution in [2.24, 2.45) is 0 Å². The van der Waals surface area contributed by atoms with Gasteiger partial charge in [-0.05, 0) is 31.4 Å². The Hall–Kier alpha value is -2.92. The van der Waals surface area contributed by atoms with Gasteiger partial charge in [-0.1, -0.05) is 0 Å². The molecule has 0 amide bonds. The third-order valence-electron chi connectivity index (χ3n) is 3.15. The van der Waals surface area contributed by atoms with Crippen molar-refractivity contribution in [3.05, 3.63) is 51.6 Å². The number of hydrogen-bond acceptors (Lipinski definition) is 7. The van der Waals surface area contributed by atoms with Gasteiger partial charge in [-0.2, -0.15) is 5.26 Å². The molecule has 7 nitrogen and oxygen atoms in total. The van der Waals surface area contributed by atoms with Crippen LogP contribution in [0.3, 0.4) is 0 Å². The number of pyridine rings is 1. The number of nitriles is 1. The first-order valence-electron chi connectivity index (χ1n) is 6.92. The molecule has 0 aliphatic heterocycles. The second kappa shape index (κ2) is 7.57. The zero-order chi connectivity index (χ0) is 17.7. The molecule has 0 radical (unpaired) electrons. The first-order chi connectivity index (χ1) is 11.5. The van der Waals surface area contributed by atoms with Crippen molar-refractivity contribution in [1.82, 2.24) is 4.98 Å². The van der Waals surface area contributed by atoms with Gasteiger partial charge in [0.25, 0.3) is 5.69 Å². The topological polar surface area (TPSA) is 106 Å². The van der Waals surface area contributed by atoms with E-state index in [1.165, 1.54) is 42.1 Å². The zero-order valence-electron chi connectivity index (χ0n) is 13.0. The van der Waals surface area contributed by atoms with Crippen molar-refractivity contribution >= 4 is 23.4 Å². The van der Waals surface area contributed by atoms with E-state index in [0.29, 0.717) is 16.3 Å². The summed E-state index contributed by atoms with van der Waals surface area (Å²) in [7, 11) is 0. The van der Waals surface area contributed by atoms with Crippen LogP contribution < -0.4 is 0 Å². The molecule has 8 heteroatoms. The number of benzene rings is 1. The van der Waals surface area contributed by atoms with Crippen LogP contribution in [0, 0.1) is 21.4 Å². The van der Waals surface area contributed by atoms with Gasteiger partial charge < -0.3 is 4.74 Å². The van der Waals surface area contributed by atoms with E-state index in [9.17, 15) is 20.2 Å². The van der Waals surface area contributed by atoms with Crippen LogP contribution in [0.2, 0.25) is 0 Å². The number of aromatic nitrogens is 1. The molecule has 1 aromatic carbocycles. The number of nitro benzene ring substituents is 1. The predicted molar refractivity (Wildman–Crippen MR) is 88.8 cm³/mol. The van der Waals surface area contributed by atoms with Gasteiger partial charge in [0.1, 0.15) is 11.1 Å². The van der Waals surface area contributed by atoms with Gasteiger partial charge in [-0.25, -0.2) is 9.78 Å². The highest BCUT2D eigenvalue weighted by molar-refractivity contribution is 7.98. The number of thioether (sulfide) groups is 1. The summed E-state index contributed by atoms with van der Waals surface area (Å²) in [5, 5.41) is 20.5. The Balaban J connectivity index is 2.63. The number of non-ortho nitro benzene ring substituents is 1. The van der Waals surface area contributed by atoms with Crippen molar-refractivity contribution < 1.29 is 14.5 Å². The fourth-order valence-corrected chi connectivity index (χ4v) is 2.56. The fourth-order valence-electron chi connectivity index (χ4n) is 2.06. The Morgan fingerprint density at radius 2 is 2.08 bits per heavy atom. The van der Waals surface area contributed by atoms with Crippen molar-refractivity contribution in [3.63, 3.8) is 0 Å². The van der Waals surface area contributed by atoms with Gasteiger partial charge >= 0.3 is 5.97 Å². The molecular weight excluding hydrogens is 330 g/mol. The lowest BCUT2D eigenvalue weighted by molar-refractivity contribution is -0.384. The molecule has 1 heterocycles. The normalized spacial score (nSPS) is 10.0. The Labute approximate surface area is 142 Å². The molecule has 2 aromatic rings. The highest BCUT2D eigenvalue weighted by Crippen LogP contribution is 2.29. The van der Waals surface area contributed by atoms with Gasteiger partial charge in [0.05, 0.1) is 28.4 Å². The molecule has 1 aromatic heterocycles. The maximum absolute atomic E-state index is 12.2. The molecule has 0 saturated carbocycles. The number of rotatable bonds is 5. The minimum Gasteiger partial charge on any atom is -0.462 e. The quantitative estimate of drug-likeness (QED) is 0.354. The number of ether oxygens (including phenoxy) is 1. The second-order valence-corrected chi connectivity index (χ2v) is 5.37. The Morgan fingerprint density at radius 1 is 1.42 bits per heavy atom. The summed E-state index contributed by atoms with van der Waals surface area (Å²) in [4.78, 5) is 26.8. The summed E-state index contributed by atoms with van der Waals surface area (Å²) in [6.45, 7) is 1.86. The summed E-state index contributed by atoms with van der Waals surface area (Å²) >= 11 is 1.28. The summed E-state index contributed by atoms with van der Waals surface area (Å²) in [5.74, 6) is -0.595. The third-order valence-corrected chi connectivity index (χ3v) is 3.85. The largest absolute Gasteiger partial charge is 0.462 e. The van der Waals surface area contributed by atoms with Crippen LogP contribution in [0.4, 0.5) is 5.69 Å². The van der Waals surface area contributed by atoms with Gasteiger partial charge in [0.2, 0.25) is 0 Å². The minimum absolute atomic E-state index is 0.0600. The van der Waals surface area contributed by atoms with Gasteiger partial charge in [-0.3, -0.25) is 10.1 Å². The molecule has 0 unspecified atom stereocenters. The van der Waals surface area contributed by atoms with E-state index in [1.54, 1.807) is 13.2 Å². The molecule has 0 saturated heterocycles. The SMILES string of the molecule is CCOC(=O)c1cc(C#N)c(SC)nc1-c1ccc([N+](=O)[O-])cc1. The molecule has 0 bridgehead atoms. The molecule has 0 aliphatic rings. The number of hydrogen-bond donors (Lipinski definition) is 0. The smallest absolute Gasteiger partial charge is 0.340 e. The highest BCUT2D eigenvalue weighted by atomic mass is 32.2. The number of esters is 1. The molecule has 0 atom stereocenters. The molecular formula is C16H13N3O4S. The average molecular weight is 343 g/mol. The van der Waals surface area contributed by atoms with Crippen LogP contribution in [0.15, 0.2) is 35.4 Å². The lowest BCUT2D eigenvalue weighted by Crippen LogP contribution is -2.09. The molecule has 0 fully saturated rings. The van der Waals surface area contributed by atoms with Crippen molar-refractivity contribution in [2.45, 2.75) is 11.9 Å². The Kier molecular flexibility index (Phi) is 5.50. The van der Waals surface area contributed by atoms with E-state index in [4.69, 9.17) is 4.74 Å².